The smallest absolute Gasteiger partial charge is 0.207 e. The molecule has 0 bridgehead atoms. The molecule has 0 aliphatic carbocycles. The Morgan fingerprint density at radius 2 is 1.65 bits per heavy atom. The third-order valence-corrected chi connectivity index (χ3v) is 4.10. The molecule has 0 aliphatic rings. The Kier molecular flexibility index (Phi) is 3.99. The van der Waals surface area contributed by atoms with Gasteiger partial charge in [-0.3, -0.25) is 0 Å². The number of sulfonamides is 1. The van der Waals surface area contributed by atoms with Crippen molar-refractivity contribution in [2.75, 3.05) is 0 Å². The molecule has 3 nitrogen and oxygen atoms in total. The number of hydrogen-bond acceptors (Lipinski definition) is 2. The van der Waals surface area contributed by atoms with Crippen LogP contribution in [0.1, 0.15) is 46.1 Å². The van der Waals surface area contributed by atoms with Gasteiger partial charge in [0.05, 0.1) is 4.90 Å². The molecule has 0 radical (unpaired) electrons. The van der Waals surface area contributed by atoms with Gasteiger partial charge in [0.1, 0.15) is 0 Å². The first-order chi connectivity index (χ1) is 7.63. The van der Waals surface area contributed by atoms with Crippen LogP contribution in [-0.2, 0) is 10.0 Å². The average Bonchev–Trinajstić information content (AvgIpc) is 2.14. The largest absolute Gasteiger partial charge is 0.241 e. The van der Waals surface area contributed by atoms with Crippen LogP contribution in [0.25, 0.3) is 0 Å². The first kappa shape index (κ1) is 14.2. The van der Waals surface area contributed by atoms with Crippen molar-refractivity contribution in [3.8, 4) is 0 Å². The fourth-order valence-electron chi connectivity index (χ4n) is 1.66. The van der Waals surface area contributed by atoms with Gasteiger partial charge in [-0.1, -0.05) is 32.0 Å². The summed E-state index contributed by atoms with van der Waals surface area (Å²) in [5.74, 6) is 0.183. The minimum Gasteiger partial charge on any atom is -0.207 e. The molecule has 0 heterocycles. The van der Waals surface area contributed by atoms with Crippen LogP contribution >= 0.6 is 0 Å². The van der Waals surface area contributed by atoms with Crippen molar-refractivity contribution >= 4 is 10.0 Å². The maximum absolute atomic E-state index is 12.3. The van der Waals surface area contributed by atoms with Crippen molar-refractivity contribution in [2.45, 2.75) is 51.0 Å². The van der Waals surface area contributed by atoms with Crippen LogP contribution in [-0.4, -0.2) is 14.0 Å². The average molecular weight is 255 g/mol. The molecular formula is C13H21NO2S. The summed E-state index contributed by atoms with van der Waals surface area (Å²) in [6.07, 6.45) is 0. The van der Waals surface area contributed by atoms with Gasteiger partial charge in [0.2, 0.25) is 10.0 Å². The Hall–Kier alpha value is -0.870. The number of benzene rings is 1. The Balaban J connectivity index is 3.25. The van der Waals surface area contributed by atoms with E-state index in [2.05, 4.69) is 4.72 Å². The second kappa shape index (κ2) is 4.78. The normalized spacial score (nSPS) is 13.1. The van der Waals surface area contributed by atoms with E-state index >= 15 is 0 Å². The van der Waals surface area contributed by atoms with Gasteiger partial charge >= 0.3 is 0 Å². The highest BCUT2D eigenvalue weighted by Gasteiger charge is 2.24. The summed E-state index contributed by atoms with van der Waals surface area (Å²) >= 11 is 0. The number of nitrogens with one attached hydrogen (secondary N) is 1. The van der Waals surface area contributed by atoms with Crippen LogP contribution < -0.4 is 4.72 Å². The minimum absolute atomic E-state index is 0.183. The Morgan fingerprint density at radius 3 is 2.12 bits per heavy atom. The molecule has 1 aromatic carbocycles. The Labute approximate surface area is 104 Å². The van der Waals surface area contributed by atoms with Gasteiger partial charge in [0.15, 0.2) is 0 Å². The lowest BCUT2D eigenvalue weighted by atomic mass is 10.0. The summed E-state index contributed by atoms with van der Waals surface area (Å²) in [6, 6.07) is 7.14. The lowest BCUT2D eigenvalue weighted by Crippen LogP contribution is -2.40. The van der Waals surface area contributed by atoms with E-state index in [-0.39, 0.29) is 5.92 Å². The van der Waals surface area contributed by atoms with Crippen molar-refractivity contribution in [3.05, 3.63) is 29.8 Å². The molecular weight excluding hydrogens is 234 g/mol. The highest BCUT2D eigenvalue weighted by atomic mass is 32.2. The number of rotatable bonds is 3. The monoisotopic (exact) mass is 255 g/mol. The van der Waals surface area contributed by atoms with Gasteiger partial charge in [0, 0.05) is 5.54 Å². The van der Waals surface area contributed by atoms with Crippen LogP contribution in [0.4, 0.5) is 0 Å². The number of hydrogen-bond donors (Lipinski definition) is 1. The van der Waals surface area contributed by atoms with Crippen LogP contribution in [0.2, 0.25) is 0 Å². The molecule has 1 rings (SSSR count). The topological polar surface area (TPSA) is 46.2 Å². The second-order valence-electron chi connectivity index (χ2n) is 5.55. The molecule has 96 valence electrons. The summed E-state index contributed by atoms with van der Waals surface area (Å²) in [7, 11) is -3.44. The molecule has 0 saturated heterocycles. The molecule has 0 atom stereocenters. The van der Waals surface area contributed by atoms with Gasteiger partial charge in [-0.05, 0) is 38.3 Å². The van der Waals surface area contributed by atoms with Crippen LogP contribution in [0.15, 0.2) is 29.2 Å². The molecule has 0 amide bonds. The molecule has 1 aromatic rings. The summed E-state index contributed by atoms with van der Waals surface area (Å²) < 4.78 is 27.2. The van der Waals surface area contributed by atoms with Crippen LogP contribution in [0.3, 0.4) is 0 Å². The Bertz CT molecular complexity index is 484. The zero-order valence-corrected chi connectivity index (χ0v) is 11.9. The molecule has 0 unspecified atom stereocenters. The molecule has 0 spiro atoms. The van der Waals surface area contributed by atoms with Gasteiger partial charge < -0.3 is 0 Å². The van der Waals surface area contributed by atoms with E-state index in [9.17, 15) is 8.42 Å². The summed E-state index contributed by atoms with van der Waals surface area (Å²) in [6.45, 7) is 9.49. The predicted molar refractivity (Wildman–Crippen MR) is 70.6 cm³/mol. The Morgan fingerprint density at radius 1 is 1.12 bits per heavy atom. The lowest BCUT2D eigenvalue weighted by molar-refractivity contribution is 0.490. The van der Waals surface area contributed by atoms with E-state index in [1.54, 1.807) is 12.1 Å². The highest BCUT2D eigenvalue weighted by molar-refractivity contribution is 7.89. The zero-order valence-electron chi connectivity index (χ0n) is 11.1. The molecule has 17 heavy (non-hydrogen) atoms. The van der Waals surface area contributed by atoms with Crippen LogP contribution in [0.5, 0.6) is 0 Å². The standard InChI is InChI=1S/C13H21NO2S/c1-10(2)11-8-6-7-9-12(11)17(15,16)14-13(3,4)5/h6-10,14H,1-5H3. The first-order valence-corrected chi connectivity index (χ1v) is 7.25. The van der Waals surface area contributed by atoms with E-state index in [1.807, 2.05) is 46.8 Å². The van der Waals surface area contributed by atoms with Crippen LogP contribution in [0, 0.1) is 0 Å². The van der Waals surface area contributed by atoms with E-state index < -0.39 is 15.6 Å². The molecule has 0 fully saturated rings. The summed E-state index contributed by atoms with van der Waals surface area (Å²) in [4.78, 5) is 0.380. The van der Waals surface area contributed by atoms with E-state index in [1.165, 1.54) is 0 Å². The van der Waals surface area contributed by atoms with E-state index in [4.69, 9.17) is 0 Å². The predicted octanol–water partition coefficient (Wildman–Crippen LogP) is 2.89. The van der Waals surface area contributed by atoms with Crippen molar-refractivity contribution in [2.24, 2.45) is 0 Å². The van der Waals surface area contributed by atoms with Gasteiger partial charge in [0.25, 0.3) is 0 Å². The summed E-state index contributed by atoms with van der Waals surface area (Å²) in [5, 5.41) is 0. The zero-order chi connectivity index (χ0) is 13.3. The summed E-state index contributed by atoms with van der Waals surface area (Å²) in [5.41, 5.74) is 0.382. The third kappa shape index (κ3) is 3.82. The van der Waals surface area contributed by atoms with Crippen molar-refractivity contribution in [1.29, 1.82) is 0 Å². The minimum atomic E-state index is -3.44. The molecule has 0 aliphatic heterocycles. The van der Waals surface area contributed by atoms with Crippen molar-refractivity contribution in [3.63, 3.8) is 0 Å². The van der Waals surface area contributed by atoms with E-state index in [0.29, 0.717) is 4.90 Å². The first-order valence-electron chi connectivity index (χ1n) is 5.76. The third-order valence-electron chi connectivity index (χ3n) is 2.27. The molecule has 1 N–H and O–H groups in total. The van der Waals surface area contributed by atoms with E-state index in [0.717, 1.165) is 5.56 Å². The van der Waals surface area contributed by atoms with Gasteiger partial charge in [-0.25, -0.2) is 13.1 Å². The fourth-order valence-corrected chi connectivity index (χ4v) is 3.45. The fraction of sp³-hybridized carbons (Fsp3) is 0.538. The van der Waals surface area contributed by atoms with Crippen molar-refractivity contribution < 1.29 is 8.42 Å². The molecule has 0 aromatic heterocycles. The van der Waals surface area contributed by atoms with Gasteiger partial charge in [-0.15, -0.1) is 0 Å². The highest BCUT2D eigenvalue weighted by Crippen LogP contribution is 2.24. The van der Waals surface area contributed by atoms with Crippen molar-refractivity contribution in [1.82, 2.24) is 4.72 Å². The quantitative estimate of drug-likeness (QED) is 0.902. The maximum Gasteiger partial charge on any atom is 0.241 e. The lowest BCUT2D eigenvalue weighted by Gasteiger charge is -2.22. The van der Waals surface area contributed by atoms with Gasteiger partial charge in [-0.2, -0.15) is 0 Å². The molecule has 0 saturated carbocycles. The second-order valence-corrected chi connectivity index (χ2v) is 7.20. The molecule has 4 heteroatoms. The maximum atomic E-state index is 12.3. The SMILES string of the molecule is CC(C)c1ccccc1S(=O)(=O)NC(C)(C)C.